The van der Waals surface area contributed by atoms with Crippen LogP contribution in [-0.2, 0) is 0 Å². The second kappa shape index (κ2) is 9.37. The number of phenolic OH excluding ortho intramolecular Hbond substituents is 1. The van der Waals surface area contributed by atoms with E-state index in [-0.39, 0.29) is 39.5 Å². The van der Waals surface area contributed by atoms with E-state index in [9.17, 15) is 9.90 Å². The molecule has 4 rings (SSSR count). The minimum absolute atomic E-state index is 0.0208. The summed E-state index contributed by atoms with van der Waals surface area (Å²) in [6.07, 6.45) is 0. The van der Waals surface area contributed by atoms with Gasteiger partial charge >= 0.3 is 0 Å². The van der Waals surface area contributed by atoms with Crippen molar-refractivity contribution in [3.05, 3.63) is 57.7 Å². The highest BCUT2D eigenvalue weighted by Gasteiger charge is 2.25. The summed E-state index contributed by atoms with van der Waals surface area (Å²) in [7, 11) is 1.43. The number of benzene rings is 2. The average Bonchev–Trinajstić information content (AvgIpc) is 3.45. The Morgan fingerprint density at radius 2 is 2.00 bits per heavy atom. The number of rotatable bonds is 6. The fourth-order valence-electron chi connectivity index (χ4n) is 2.98. The maximum absolute atomic E-state index is 13.0. The van der Waals surface area contributed by atoms with Gasteiger partial charge in [0, 0.05) is 11.1 Å². The van der Waals surface area contributed by atoms with Gasteiger partial charge in [-0.3, -0.25) is 4.79 Å². The molecule has 14 heteroatoms. The van der Waals surface area contributed by atoms with Crippen LogP contribution >= 0.6 is 23.2 Å². The second-order valence-electron chi connectivity index (χ2n) is 6.83. The van der Waals surface area contributed by atoms with Gasteiger partial charge in [-0.15, -0.1) is 5.10 Å². The van der Waals surface area contributed by atoms with Crippen LogP contribution in [0.1, 0.15) is 23.0 Å². The number of phenols is 1. The molecule has 0 aliphatic rings. The van der Waals surface area contributed by atoms with Crippen molar-refractivity contribution in [3.63, 3.8) is 0 Å². The van der Waals surface area contributed by atoms with Gasteiger partial charge in [0.25, 0.3) is 5.91 Å². The topological polar surface area (TPSA) is 167 Å². The van der Waals surface area contributed by atoms with Crippen molar-refractivity contribution in [2.75, 3.05) is 12.8 Å². The largest absolute Gasteiger partial charge is 0.504 e. The zero-order valence-electron chi connectivity index (χ0n) is 17.7. The van der Waals surface area contributed by atoms with Crippen molar-refractivity contribution in [2.24, 2.45) is 5.10 Å². The van der Waals surface area contributed by atoms with Crippen molar-refractivity contribution in [1.82, 2.24) is 30.7 Å². The molecule has 4 aromatic rings. The number of nitrogens with two attached hydrogens (primary N) is 1. The first kappa shape index (κ1) is 23.0. The fraction of sp³-hybridized carbons (Fsp3) is 0.100. The Kier molecular flexibility index (Phi) is 6.34. The molecule has 0 fully saturated rings. The lowest BCUT2D eigenvalue weighted by molar-refractivity contribution is 0.0950. The summed E-state index contributed by atoms with van der Waals surface area (Å²) in [5, 5.41) is 29.7. The van der Waals surface area contributed by atoms with E-state index >= 15 is 0 Å². The molecule has 4 N–H and O–H groups in total. The number of aromatic nitrogens is 5. The van der Waals surface area contributed by atoms with Gasteiger partial charge in [-0.25, -0.2) is 10.1 Å². The predicted molar refractivity (Wildman–Crippen MR) is 123 cm³/mol. The number of ether oxygens (including phenoxy) is 1. The predicted octanol–water partition coefficient (Wildman–Crippen LogP) is 3.07. The van der Waals surface area contributed by atoms with Crippen molar-refractivity contribution in [2.45, 2.75) is 6.92 Å². The second-order valence-corrected chi connectivity index (χ2v) is 7.64. The highest BCUT2D eigenvalue weighted by atomic mass is 35.5. The molecule has 174 valence electrons. The number of nitrogens with zero attached hydrogens (tertiary/aromatic N) is 6. The van der Waals surface area contributed by atoms with Gasteiger partial charge in [0.05, 0.1) is 22.9 Å². The van der Waals surface area contributed by atoms with Crippen LogP contribution in [0.3, 0.4) is 0 Å². The Morgan fingerprint density at radius 3 is 2.68 bits per heavy atom. The van der Waals surface area contributed by atoms with E-state index in [2.05, 4.69) is 35.8 Å². The maximum Gasteiger partial charge on any atom is 0.294 e. The lowest BCUT2D eigenvalue weighted by Crippen LogP contribution is -2.21. The van der Waals surface area contributed by atoms with E-state index < -0.39 is 5.91 Å². The highest BCUT2D eigenvalue weighted by molar-refractivity contribution is 6.42. The molecule has 0 saturated heterocycles. The number of methoxy groups -OCH3 is 1. The van der Waals surface area contributed by atoms with E-state index in [0.29, 0.717) is 21.9 Å². The van der Waals surface area contributed by atoms with E-state index in [1.54, 1.807) is 31.2 Å². The third-order valence-corrected chi connectivity index (χ3v) is 5.44. The van der Waals surface area contributed by atoms with Gasteiger partial charge in [0.1, 0.15) is 5.69 Å². The van der Waals surface area contributed by atoms with E-state index in [0.717, 1.165) is 0 Å². The molecule has 0 radical (unpaired) electrons. The number of hydrogen-bond donors (Lipinski definition) is 3. The molecule has 2 heterocycles. The van der Waals surface area contributed by atoms with Crippen LogP contribution in [0, 0.1) is 0 Å². The lowest BCUT2D eigenvalue weighted by atomic mass is 10.1. The quantitative estimate of drug-likeness (QED) is 0.265. The normalized spacial score (nSPS) is 11.5. The summed E-state index contributed by atoms with van der Waals surface area (Å²) < 4.78 is 10.9. The Bertz CT molecular complexity index is 1420. The van der Waals surface area contributed by atoms with Gasteiger partial charge in [0.2, 0.25) is 11.6 Å². The molecule has 1 amide bonds. The molecule has 0 aliphatic heterocycles. The first-order valence-electron chi connectivity index (χ1n) is 9.51. The molecular weight excluding hydrogens is 487 g/mol. The van der Waals surface area contributed by atoms with Crippen LogP contribution in [0.15, 0.2) is 46.1 Å². The van der Waals surface area contributed by atoms with Crippen LogP contribution in [0.4, 0.5) is 5.82 Å². The van der Waals surface area contributed by atoms with Gasteiger partial charge in [-0.2, -0.15) is 9.78 Å². The average molecular weight is 503 g/mol. The van der Waals surface area contributed by atoms with Gasteiger partial charge in [-0.05, 0) is 47.6 Å². The first-order valence-corrected chi connectivity index (χ1v) is 10.3. The standard InChI is InChI=1S/C20H16Cl2N8O4/c1-9(10-4-6-14(31)15(8-10)33-2)24-26-20(32)16-17(11-3-5-12(21)13(22)7-11)30(29-25-16)19-18(23)27-34-28-19/h3-8,31H,1-2H3,(H2,23,27)(H,26,32). The van der Waals surface area contributed by atoms with Gasteiger partial charge in [-0.1, -0.05) is 34.5 Å². The zero-order valence-corrected chi connectivity index (χ0v) is 19.2. The Labute approximate surface area is 201 Å². The Hall–Kier alpha value is -4.16. The number of carbonyl (C=O) groups is 1. The molecule has 2 aromatic heterocycles. The summed E-state index contributed by atoms with van der Waals surface area (Å²) in [4.78, 5) is 13.0. The molecular formula is C20H16Cl2N8O4. The van der Waals surface area contributed by atoms with E-state index in [4.69, 9.17) is 33.7 Å². The summed E-state index contributed by atoms with van der Waals surface area (Å²) in [6.45, 7) is 1.67. The fourth-order valence-corrected chi connectivity index (χ4v) is 3.28. The summed E-state index contributed by atoms with van der Waals surface area (Å²) in [5.74, 6) is -0.459. The van der Waals surface area contributed by atoms with Crippen molar-refractivity contribution < 1.29 is 19.3 Å². The number of carbonyl (C=O) groups excluding carboxylic acids is 1. The van der Waals surface area contributed by atoms with Crippen LogP contribution < -0.4 is 15.9 Å². The molecule has 0 bridgehead atoms. The number of anilines is 1. The number of aromatic hydroxyl groups is 1. The van der Waals surface area contributed by atoms with E-state index in [1.165, 1.54) is 23.9 Å². The third-order valence-electron chi connectivity index (χ3n) is 4.70. The Morgan fingerprint density at radius 1 is 1.21 bits per heavy atom. The first-order chi connectivity index (χ1) is 16.3. The summed E-state index contributed by atoms with van der Waals surface area (Å²) >= 11 is 12.2. The van der Waals surface area contributed by atoms with E-state index in [1.807, 2.05) is 0 Å². The molecule has 0 atom stereocenters. The zero-order chi connectivity index (χ0) is 24.4. The monoisotopic (exact) mass is 502 g/mol. The number of amides is 1. The van der Waals surface area contributed by atoms with Crippen LogP contribution in [0.25, 0.3) is 17.1 Å². The van der Waals surface area contributed by atoms with Crippen molar-refractivity contribution in [1.29, 1.82) is 0 Å². The van der Waals surface area contributed by atoms with Crippen LogP contribution in [0.5, 0.6) is 11.5 Å². The molecule has 0 unspecified atom stereocenters. The highest BCUT2D eigenvalue weighted by Crippen LogP contribution is 2.32. The number of nitrogen functional groups attached to an aromatic ring is 1. The maximum atomic E-state index is 13.0. The van der Waals surface area contributed by atoms with Crippen molar-refractivity contribution in [3.8, 4) is 28.6 Å². The van der Waals surface area contributed by atoms with Gasteiger partial charge < -0.3 is 15.6 Å². The molecule has 0 saturated carbocycles. The minimum Gasteiger partial charge on any atom is -0.504 e. The number of hydrogen-bond acceptors (Lipinski definition) is 10. The molecule has 0 aliphatic carbocycles. The minimum atomic E-state index is -0.674. The summed E-state index contributed by atoms with van der Waals surface area (Å²) in [6, 6.07) is 9.39. The third kappa shape index (κ3) is 4.36. The number of halogens is 2. The smallest absolute Gasteiger partial charge is 0.294 e. The SMILES string of the molecule is COc1cc(C(C)=NNC(=O)c2nnn(-c3nonc3N)c2-c2ccc(Cl)c(Cl)c2)ccc1O. The lowest BCUT2D eigenvalue weighted by Gasteiger charge is -2.08. The van der Waals surface area contributed by atoms with Crippen LogP contribution in [0.2, 0.25) is 10.0 Å². The molecule has 12 nitrogen and oxygen atoms in total. The Balaban J connectivity index is 1.72. The van der Waals surface area contributed by atoms with Gasteiger partial charge in [0.15, 0.2) is 17.2 Å². The molecule has 0 spiro atoms. The summed E-state index contributed by atoms with van der Waals surface area (Å²) in [5.41, 5.74) is 9.87. The number of hydrazone groups is 1. The van der Waals surface area contributed by atoms with Crippen molar-refractivity contribution >= 4 is 40.6 Å². The van der Waals surface area contributed by atoms with Crippen LogP contribution in [-0.4, -0.2) is 49.1 Å². The number of nitrogens with one attached hydrogen (secondary N) is 1. The molecule has 34 heavy (non-hydrogen) atoms. The molecule has 2 aromatic carbocycles.